The van der Waals surface area contributed by atoms with Crippen molar-refractivity contribution in [1.82, 2.24) is 4.90 Å². The molecule has 0 bridgehead atoms. The highest BCUT2D eigenvalue weighted by Crippen LogP contribution is 2.40. The van der Waals surface area contributed by atoms with Gasteiger partial charge in [-0.1, -0.05) is 12.7 Å². The van der Waals surface area contributed by atoms with Crippen LogP contribution in [-0.4, -0.2) is 58.6 Å². The van der Waals surface area contributed by atoms with E-state index in [1.54, 1.807) is 0 Å². The fraction of sp³-hybridized carbons (Fsp3) is 0.538. The van der Waals surface area contributed by atoms with Crippen LogP contribution in [0, 0.1) is 5.92 Å². The van der Waals surface area contributed by atoms with Crippen LogP contribution >= 0.6 is 0 Å². The van der Waals surface area contributed by atoms with Crippen molar-refractivity contribution in [3.63, 3.8) is 0 Å². The number of carboxylic acid groups (broad SMARTS) is 1. The van der Waals surface area contributed by atoms with Crippen LogP contribution in [0.15, 0.2) is 12.7 Å². The molecule has 0 aromatic heterocycles. The summed E-state index contributed by atoms with van der Waals surface area (Å²) in [5.41, 5.74) is 0. The van der Waals surface area contributed by atoms with Gasteiger partial charge in [0, 0.05) is 6.42 Å². The highest BCUT2D eigenvalue weighted by atomic mass is 16.7. The number of hydrogen-bond acceptors (Lipinski definition) is 6. The predicted molar refractivity (Wildman–Crippen MR) is 67.3 cm³/mol. The number of carbonyl (C=O) groups is 4. The lowest BCUT2D eigenvalue weighted by Gasteiger charge is -2.45. The third-order valence-electron chi connectivity index (χ3n) is 3.65. The number of ketones is 1. The number of carbonyl (C=O) groups excluding carboxylic acids is 3. The Morgan fingerprint density at radius 3 is 2.76 bits per heavy atom. The second-order valence-electron chi connectivity index (χ2n) is 4.92. The van der Waals surface area contributed by atoms with Crippen molar-refractivity contribution in [1.29, 1.82) is 0 Å². The van der Waals surface area contributed by atoms with Crippen molar-refractivity contribution >= 4 is 23.8 Å². The summed E-state index contributed by atoms with van der Waals surface area (Å²) in [6.07, 6.45) is -0.401. The smallest absolute Gasteiger partial charge is 0.479 e. The molecule has 1 N–H and O–H groups in total. The monoisotopic (exact) mass is 297 g/mol. The van der Waals surface area contributed by atoms with Crippen LogP contribution in [0.2, 0.25) is 0 Å². The molecule has 2 aliphatic rings. The zero-order valence-corrected chi connectivity index (χ0v) is 11.4. The molecule has 4 atom stereocenters. The first kappa shape index (κ1) is 15.0. The number of Topliss-reactive ketones (excluding diaryl/α,β-unsaturated/α-hetero) is 1. The van der Waals surface area contributed by atoms with Crippen molar-refractivity contribution in [2.45, 2.75) is 31.5 Å². The molecule has 0 saturated carbocycles. The molecule has 0 spiro atoms. The summed E-state index contributed by atoms with van der Waals surface area (Å²) in [5.74, 6) is -3.06. The number of amides is 1. The molecule has 2 heterocycles. The molecule has 0 aliphatic carbocycles. The molecular formula is C13H15NO7. The van der Waals surface area contributed by atoms with Gasteiger partial charge in [-0.25, -0.2) is 9.59 Å². The van der Waals surface area contributed by atoms with Crippen molar-refractivity contribution in [2.24, 2.45) is 5.92 Å². The van der Waals surface area contributed by atoms with Crippen LogP contribution in [0.25, 0.3) is 0 Å². The molecule has 0 aromatic rings. The Kier molecular flexibility index (Phi) is 3.97. The summed E-state index contributed by atoms with van der Waals surface area (Å²) in [4.78, 5) is 47.0. The van der Waals surface area contributed by atoms with Crippen molar-refractivity contribution in [3.8, 4) is 0 Å². The Bertz CT molecular complexity index is 515. The number of β-lactam (4-membered cyclic amide) rings is 1. The fourth-order valence-electron chi connectivity index (χ4n) is 2.76. The maximum absolute atomic E-state index is 12.0. The van der Waals surface area contributed by atoms with Crippen LogP contribution in [-0.2, 0) is 23.9 Å². The summed E-state index contributed by atoms with van der Waals surface area (Å²) in [5, 5.41) is 8.96. The molecule has 114 valence electrons. The quantitative estimate of drug-likeness (QED) is 0.328. The summed E-state index contributed by atoms with van der Waals surface area (Å²) in [6, 6.07) is -1.95. The molecule has 1 amide bonds. The number of nitrogens with zero attached hydrogens (tertiary/aromatic N) is 1. The molecular weight excluding hydrogens is 282 g/mol. The summed E-state index contributed by atoms with van der Waals surface area (Å²) in [7, 11) is 0. The number of aliphatic carboxylic acids is 1. The second kappa shape index (κ2) is 5.55. The lowest BCUT2D eigenvalue weighted by Crippen LogP contribution is -2.65. The maximum Gasteiger partial charge on any atom is 0.508 e. The van der Waals surface area contributed by atoms with Crippen molar-refractivity contribution < 1.29 is 33.8 Å². The normalized spacial score (nSPS) is 28.4. The van der Waals surface area contributed by atoms with Crippen LogP contribution in [0.5, 0.6) is 0 Å². The minimum atomic E-state index is -1.42. The summed E-state index contributed by atoms with van der Waals surface area (Å²) < 4.78 is 9.59. The Morgan fingerprint density at radius 1 is 1.52 bits per heavy atom. The second-order valence-corrected chi connectivity index (χ2v) is 4.92. The molecule has 21 heavy (non-hydrogen) atoms. The van der Waals surface area contributed by atoms with E-state index < -0.39 is 47.9 Å². The van der Waals surface area contributed by atoms with E-state index in [0.717, 1.165) is 4.90 Å². The zero-order valence-electron chi connectivity index (χ0n) is 11.4. The fourth-order valence-corrected chi connectivity index (χ4v) is 2.76. The SMILES string of the molecule is C=CCOC(=O)O[C@H](C)[C@H]1C(=O)N2[C@@H](C(=O)O)C(=O)C[C@H]12. The average Bonchev–Trinajstić information content (AvgIpc) is 2.69. The minimum Gasteiger partial charge on any atom is -0.479 e. The number of carboxylic acids is 1. The summed E-state index contributed by atoms with van der Waals surface area (Å²) >= 11 is 0. The van der Waals surface area contributed by atoms with E-state index in [1.165, 1.54) is 13.0 Å². The molecule has 0 aromatic carbocycles. The van der Waals surface area contributed by atoms with Gasteiger partial charge in [0.1, 0.15) is 12.7 Å². The average molecular weight is 297 g/mol. The van der Waals surface area contributed by atoms with E-state index in [-0.39, 0.29) is 13.0 Å². The van der Waals surface area contributed by atoms with E-state index in [9.17, 15) is 19.2 Å². The minimum absolute atomic E-state index is 0.0146. The van der Waals surface area contributed by atoms with Gasteiger partial charge in [-0.05, 0) is 6.92 Å². The zero-order chi connectivity index (χ0) is 15.7. The highest BCUT2D eigenvalue weighted by molar-refractivity contribution is 6.10. The molecule has 0 radical (unpaired) electrons. The number of ether oxygens (including phenoxy) is 2. The van der Waals surface area contributed by atoms with Gasteiger partial charge in [0.2, 0.25) is 5.91 Å². The standard InChI is InChI=1S/C13H15NO7/c1-3-4-20-13(19)21-6(2)9-7-5-8(15)10(12(17)18)14(7)11(9)16/h3,6-7,9-10H,1,4-5H2,2H3,(H,17,18)/t6-,7-,9-,10-/m1/s1. The van der Waals surface area contributed by atoms with Gasteiger partial charge < -0.3 is 19.5 Å². The number of hydrogen-bond donors (Lipinski definition) is 1. The van der Waals surface area contributed by atoms with Gasteiger partial charge in [0.25, 0.3) is 0 Å². The number of fused-ring (bicyclic) bond motifs is 1. The van der Waals surface area contributed by atoms with Crippen LogP contribution < -0.4 is 0 Å². The molecule has 2 saturated heterocycles. The van der Waals surface area contributed by atoms with Gasteiger partial charge in [0.15, 0.2) is 11.8 Å². The van der Waals surface area contributed by atoms with Crippen LogP contribution in [0.1, 0.15) is 13.3 Å². The number of rotatable bonds is 5. The summed E-state index contributed by atoms with van der Waals surface area (Å²) in [6.45, 7) is 4.87. The lowest BCUT2D eigenvalue weighted by molar-refractivity contribution is -0.171. The molecule has 8 nitrogen and oxygen atoms in total. The predicted octanol–water partition coefficient (Wildman–Crippen LogP) is -0.0329. The van der Waals surface area contributed by atoms with Gasteiger partial charge >= 0.3 is 12.1 Å². The third kappa shape index (κ3) is 2.48. The first-order valence-corrected chi connectivity index (χ1v) is 6.40. The maximum atomic E-state index is 12.0. The topological polar surface area (TPSA) is 110 Å². The van der Waals surface area contributed by atoms with Crippen LogP contribution in [0.4, 0.5) is 4.79 Å². The van der Waals surface area contributed by atoms with E-state index in [1.807, 2.05) is 0 Å². The van der Waals surface area contributed by atoms with Gasteiger partial charge in [-0.3, -0.25) is 9.59 Å². The highest BCUT2D eigenvalue weighted by Gasteiger charge is 2.61. The molecule has 2 rings (SSSR count). The lowest BCUT2D eigenvalue weighted by atomic mass is 9.84. The Hall–Kier alpha value is -2.38. The first-order valence-electron chi connectivity index (χ1n) is 6.40. The Morgan fingerprint density at radius 2 is 2.19 bits per heavy atom. The van der Waals surface area contributed by atoms with E-state index in [0.29, 0.717) is 0 Å². The van der Waals surface area contributed by atoms with Gasteiger partial charge in [-0.15, -0.1) is 0 Å². The Balaban J connectivity index is 1.99. The third-order valence-corrected chi connectivity index (χ3v) is 3.65. The molecule has 8 heteroatoms. The molecule has 2 fully saturated rings. The Labute approximate surface area is 120 Å². The van der Waals surface area contributed by atoms with Gasteiger partial charge in [-0.2, -0.15) is 0 Å². The first-order chi connectivity index (χ1) is 9.88. The molecule has 0 unspecified atom stereocenters. The van der Waals surface area contributed by atoms with E-state index in [2.05, 4.69) is 11.3 Å². The van der Waals surface area contributed by atoms with Crippen molar-refractivity contribution in [3.05, 3.63) is 12.7 Å². The largest absolute Gasteiger partial charge is 0.508 e. The van der Waals surface area contributed by atoms with Crippen LogP contribution in [0.3, 0.4) is 0 Å². The van der Waals surface area contributed by atoms with E-state index >= 15 is 0 Å². The van der Waals surface area contributed by atoms with E-state index in [4.69, 9.17) is 9.84 Å². The van der Waals surface area contributed by atoms with Gasteiger partial charge in [0.05, 0.1) is 12.0 Å². The molecule has 2 aliphatic heterocycles. The van der Waals surface area contributed by atoms with Crippen molar-refractivity contribution in [2.75, 3.05) is 6.61 Å².